The highest BCUT2D eigenvalue weighted by molar-refractivity contribution is 5.90. The molecule has 0 aliphatic carbocycles. The number of nitrogens with zero attached hydrogens (tertiary/aromatic N) is 2. The van der Waals surface area contributed by atoms with Crippen molar-refractivity contribution in [3.63, 3.8) is 0 Å². The molecule has 1 heterocycles. The van der Waals surface area contributed by atoms with Gasteiger partial charge in [-0.05, 0) is 56.9 Å². The van der Waals surface area contributed by atoms with Crippen LogP contribution >= 0.6 is 0 Å². The summed E-state index contributed by atoms with van der Waals surface area (Å²) in [5, 5.41) is 10.0. The number of carbonyl (C=O) groups is 1. The minimum absolute atomic E-state index is 0.176. The predicted molar refractivity (Wildman–Crippen MR) is 99.8 cm³/mol. The number of anilines is 1. The smallest absolute Gasteiger partial charge is 0.319 e. The summed E-state index contributed by atoms with van der Waals surface area (Å²) in [4.78, 5) is 12.1. The monoisotopic (exact) mass is 344 g/mol. The number of urea groups is 1. The molecule has 0 aliphatic rings. The van der Waals surface area contributed by atoms with Gasteiger partial charge in [0.05, 0.1) is 18.9 Å². The Morgan fingerprint density at radius 3 is 2.68 bits per heavy atom. The van der Waals surface area contributed by atoms with Crippen molar-refractivity contribution >= 4 is 11.7 Å². The van der Waals surface area contributed by atoms with Crippen molar-refractivity contribution in [3.8, 4) is 0 Å². The van der Waals surface area contributed by atoms with Crippen LogP contribution in [0.3, 0.4) is 0 Å². The third kappa shape index (κ3) is 5.32. The maximum absolute atomic E-state index is 12.1. The van der Waals surface area contributed by atoms with E-state index in [-0.39, 0.29) is 12.1 Å². The molecule has 1 aromatic carbocycles. The van der Waals surface area contributed by atoms with Crippen LogP contribution < -0.4 is 10.6 Å². The molecule has 0 atom stereocenters. The molecule has 2 N–H and O–H groups in total. The number of benzene rings is 1. The second-order valence-electron chi connectivity index (χ2n) is 6.46. The van der Waals surface area contributed by atoms with E-state index >= 15 is 0 Å². The minimum Gasteiger partial charge on any atom is -0.374 e. The van der Waals surface area contributed by atoms with Crippen molar-refractivity contribution in [2.45, 2.75) is 46.8 Å². The molecular weight excluding hydrogens is 316 g/mol. The third-order valence-corrected chi connectivity index (χ3v) is 4.28. The Kier molecular flexibility index (Phi) is 6.58. The summed E-state index contributed by atoms with van der Waals surface area (Å²) in [6.45, 7) is 9.14. The van der Waals surface area contributed by atoms with Crippen LogP contribution in [0.25, 0.3) is 0 Å². The molecule has 0 bridgehead atoms. The van der Waals surface area contributed by atoms with Gasteiger partial charge in [0.25, 0.3) is 0 Å². The third-order valence-electron chi connectivity index (χ3n) is 4.28. The molecule has 2 amide bonds. The van der Waals surface area contributed by atoms with E-state index in [2.05, 4.69) is 15.7 Å². The molecule has 0 fully saturated rings. The van der Waals surface area contributed by atoms with Crippen molar-refractivity contribution in [2.24, 2.45) is 7.05 Å². The fourth-order valence-electron chi connectivity index (χ4n) is 2.50. The van der Waals surface area contributed by atoms with Gasteiger partial charge in [0.15, 0.2) is 0 Å². The highest BCUT2D eigenvalue weighted by atomic mass is 16.5. The lowest BCUT2D eigenvalue weighted by Gasteiger charge is -2.14. The van der Waals surface area contributed by atoms with E-state index in [1.54, 1.807) is 0 Å². The Hall–Kier alpha value is -2.34. The van der Waals surface area contributed by atoms with Gasteiger partial charge in [-0.2, -0.15) is 5.10 Å². The summed E-state index contributed by atoms with van der Waals surface area (Å²) in [5.41, 5.74) is 5.18. The summed E-state index contributed by atoms with van der Waals surface area (Å²) >= 11 is 0. The zero-order valence-electron chi connectivity index (χ0n) is 15.7. The van der Waals surface area contributed by atoms with Gasteiger partial charge in [0.1, 0.15) is 0 Å². The molecule has 0 aliphatic heterocycles. The Balaban J connectivity index is 1.87. The minimum atomic E-state index is -0.202. The maximum Gasteiger partial charge on any atom is 0.319 e. The Labute approximate surface area is 149 Å². The number of amides is 2. The number of aromatic nitrogens is 2. The van der Waals surface area contributed by atoms with Gasteiger partial charge >= 0.3 is 6.03 Å². The predicted octanol–water partition coefficient (Wildman–Crippen LogP) is 3.33. The Morgan fingerprint density at radius 1 is 1.28 bits per heavy atom. The molecule has 0 radical (unpaired) electrons. The zero-order chi connectivity index (χ0) is 18.4. The van der Waals surface area contributed by atoms with Crippen LogP contribution in [-0.4, -0.2) is 28.5 Å². The van der Waals surface area contributed by atoms with Gasteiger partial charge in [-0.1, -0.05) is 12.1 Å². The quantitative estimate of drug-likeness (QED) is 0.809. The lowest BCUT2D eigenvalue weighted by Crippen LogP contribution is -2.30. The summed E-state index contributed by atoms with van der Waals surface area (Å²) in [5.74, 6) is 0. The summed E-state index contributed by atoms with van der Waals surface area (Å²) in [7, 11) is 1.91. The number of rotatable bonds is 7. The first-order chi connectivity index (χ1) is 11.9. The number of aryl methyl sites for hydroxylation is 1. The van der Waals surface area contributed by atoms with Crippen molar-refractivity contribution in [3.05, 3.63) is 46.8 Å². The topological polar surface area (TPSA) is 68.2 Å². The van der Waals surface area contributed by atoms with E-state index in [9.17, 15) is 4.79 Å². The van der Waals surface area contributed by atoms with Gasteiger partial charge in [-0.3, -0.25) is 4.68 Å². The summed E-state index contributed by atoms with van der Waals surface area (Å²) < 4.78 is 7.50. The fourth-order valence-corrected chi connectivity index (χ4v) is 2.50. The molecule has 2 rings (SSSR count). The lowest BCUT2D eigenvalue weighted by molar-refractivity contribution is 0.0654. The van der Waals surface area contributed by atoms with Crippen molar-refractivity contribution in [2.75, 3.05) is 11.9 Å². The van der Waals surface area contributed by atoms with E-state index in [4.69, 9.17) is 4.74 Å². The molecule has 0 saturated carbocycles. The first-order valence-corrected chi connectivity index (χ1v) is 8.61. The van der Waals surface area contributed by atoms with Gasteiger partial charge in [0, 0.05) is 25.0 Å². The van der Waals surface area contributed by atoms with Crippen molar-refractivity contribution in [1.29, 1.82) is 0 Å². The lowest BCUT2D eigenvalue weighted by atomic mass is 10.1. The highest BCUT2D eigenvalue weighted by Gasteiger charge is 2.09. The number of hydrogen-bond acceptors (Lipinski definition) is 3. The van der Waals surface area contributed by atoms with E-state index in [1.165, 1.54) is 0 Å². The van der Waals surface area contributed by atoms with E-state index in [0.29, 0.717) is 13.2 Å². The van der Waals surface area contributed by atoms with Gasteiger partial charge in [-0.25, -0.2) is 4.79 Å². The molecule has 2 aromatic rings. The first-order valence-electron chi connectivity index (χ1n) is 8.61. The first kappa shape index (κ1) is 19.0. The Morgan fingerprint density at radius 2 is 2.04 bits per heavy atom. The molecule has 136 valence electrons. The molecule has 25 heavy (non-hydrogen) atoms. The van der Waals surface area contributed by atoms with E-state index in [0.717, 1.165) is 34.5 Å². The second-order valence-corrected chi connectivity index (χ2v) is 6.46. The molecule has 0 spiro atoms. The van der Waals surface area contributed by atoms with E-state index in [1.807, 2.05) is 63.8 Å². The number of nitrogens with one attached hydrogen (secondary N) is 2. The van der Waals surface area contributed by atoms with Crippen LogP contribution in [0.5, 0.6) is 0 Å². The van der Waals surface area contributed by atoms with Crippen LogP contribution in [-0.2, 0) is 24.8 Å². The molecule has 0 unspecified atom stereocenters. The number of hydrogen-bond donors (Lipinski definition) is 2. The van der Waals surface area contributed by atoms with Crippen LogP contribution in [0.15, 0.2) is 24.4 Å². The molecule has 0 saturated heterocycles. The van der Waals surface area contributed by atoms with Gasteiger partial charge in [-0.15, -0.1) is 0 Å². The average molecular weight is 344 g/mol. The van der Waals surface area contributed by atoms with E-state index < -0.39 is 0 Å². The SMILES string of the molecule is Cc1c(COC(C)C)cccc1NC(=O)NCCc1cnn(C)c1C. The normalized spacial score (nSPS) is 11.0. The van der Waals surface area contributed by atoms with Crippen molar-refractivity contribution < 1.29 is 9.53 Å². The fraction of sp³-hybridized carbons (Fsp3) is 0.474. The second kappa shape index (κ2) is 8.67. The number of carbonyl (C=O) groups excluding carboxylic acids is 1. The standard InChI is InChI=1S/C19H28N4O2/c1-13(2)25-12-17-7-6-8-18(14(17)3)22-19(24)20-10-9-16-11-21-23(5)15(16)4/h6-8,11,13H,9-10,12H2,1-5H3,(H2,20,22,24). The summed E-state index contributed by atoms with van der Waals surface area (Å²) in [6, 6.07) is 5.65. The van der Waals surface area contributed by atoms with Gasteiger partial charge in [0.2, 0.25) is 0 Å². The summed E-state index contributed by atoms with van der Waals surface area (Å²) in [6.07, 6.45) is 2.78. The molecule has 1 aromatic heterocycles. The maximum atomic E-state index is 12.1. The average Bonchev–Trinajstić information content (AvgIpc) is 2.87. The molecule has 6 heteroatoms. The van der Waals surface area contributed by atoms with Crippen LogP contribution in [0.2, 0.25) is 0 Å². The van der Waals surface area contributed by atoms with Crippen LogP contribution in [0, 0.1) is 13.8 Å². The largest absolute Gasteiger partial charge is 0.374 e. The molecule has 6 nitrogen and oxygen atoms in total. The van der Waals surface area contributed by atoms with Gasteiger partial charge < -0.3 is 15.4 Å². The molecular formula is C19H28N4O2. The highest BCUT2D eigenvalue weighted by Crippen LogP contribution is 2.20. The number of ether oxygens (including phenoxy) is 1. The van der Waals surface area contributed by atoms with Crippen molar-refractivity contribution in [1.82, 2.24) is 15.1 Å². The van der Waals surface area contributed by atoms with Crippen LogP contribution in [0.1, 0.15) is 36.2 Å². The van der Waals surface area contributed by atoms with Crippen LogP contribution in [0.4, 0.5) is 10.5 Å². The zero-order valence-corrected chi connectivity index (χ0v) is 15.7. The Bertz CT molecular complexity index is 722.